The molecule has 1 fully saturated rings. The molecule has 1 aromatic rings. The van der Waals surface area contributed by atoms with Crippen molar-refractivity contribution in [1.29, 1.82) is 0 Å². The molecule has 2 N–H and O–H groups in total. The van der Waals surface area contributed by atoms with E-state index < -0.39 is 0 Å². The molecule has 0 heterocycles. The van der Waals surface area contributed by atoms with E-state index in [1.165, 1.54) is 49.0 Å². The van der Waals surface area contributed by atoms with E-state index in [1.54, 1.807) is 0 Å². The van der Waals surface area contributed by atoms with Crippen LogP contribution in [0.5, 0.6) is 0 Å². The zero-order valence-corrected chi connectivity index (χ0v) is 10.9. The minimum atomic E-state index is 0.784. The van der Waals surface area contributed by atoms with Gasteiger partial charge in [0.1, 0.15) is 0 Å². The van der Waals surface area contributed by atoms with Crippen LogP contribution in [-0.2, 0) is 0 Å². The second-order valence-electron chi connectivity index (χ2n) is 4.77. The number of nitrogen functional groups attached to an aromatic ring is 1. The predicted octanol–water partition coefficient (Wildman–Crippen LogP) is 4.39. The van der Waals surface area contributed by atoms with Gasteiger partial charge in [0.25, 0.3) is 0 Å². The van der Waals surface area contributed by atoms with E-state index >= 15 is 0 Å². The minimum Gasteiger partial charge on any atom is -0.398 e. The fraction of sp³-hybridized carbons (Fsp3) is 0.571. The molecule has 0 aromatic heterocycles. The molecule has 0 saturated heterocycles. The Morgan fingerprint density at radius 1 is 1.12 bits per heavy atom. The smallest absolute Gasteiger partial charge is 0.0452 e. The molecule has 1 aliphatic carbocycles. The lowest BCUT2D eigenvalue weighted by molar-refractivity contribution is 0.702. The standard InChI is InChI=1S/C14H21NS/c1-11-8-9-13(15)14(10-11)16-12-6-4-2-3-5-7-12/h8-10,12H,2-7,15H2,1H3. The van der Waals surface area contributed by atoms with E-state index in [0.29, 0.717) is 0 Å². The Labute approximate surface area is 103 Å². The molecule has 0 aliphatic heterocycles. The maximum atomic E-state index is 6.02. The summed E-state index contributed by atoms with van der Waals surface area (Å²) in [6.07, 6.45) is 8.34. The van der Waals surface area contributed by atoms with Gasteiger partial charge < -0.3 is 5.73 Å². The molecule has 16 heavy (non-hydrogen) atoms. The van der Waals surface area contributed by atoms with Gasteiger partial charge in [-0.3, -0.25) is 0 Å². The summed E-state index contributed by atoms with van der Waals surface area (Å²) in [5.41, 5.74) is 8.28. The van der Waals surface area contributed by atoms with Crippen molar-refractivity contribution >= 4 is 17.4 Å². The molecule has 0 atom stereocenters. The van der Waals surface area contributed by atoms with Gasteiger partial charge in [-0.05, 0) is 37.5 Å². The Kier molecular flexibility index (Phi) is 4.16. The highest BCUT2D eigenvalue weighted by Crippen LogP contribution is 2.35. The second kappa shape index (κ2) is 5.62. The van der Waals surface area contributed by atoms with Crippen LogP contribution in [0.25, 0.3) is 0 Å². The number of rotatable bonds is 2. The molecule has 0 spiro atoms. The quantitative estimate of drug-likeness (QED) is 0.607. The SMILES string of the molecule is Cc1ccc(N)c(SC2CCCCCC2)c1. The largest absolute Gasteiger partial charge is 0.398 e. The first kappa shape index (κ1) is 11.8. The minimum absolute atomic E-state index is 0.784. The van der Waals surface area contributed by atoms with Crippen molar-refractivity contribution in [3.63, 3.8) is 0 Å². The molecule has 1 aliphatic rings. The van der Waals surface area contributed by atoms with E-state index in [1.807, 2.05) is 17.8 Å². The maximum Gasteiger partial charge on any atom is 0.0452 e. The molecule has 1 nitrogen and oxygen atoms in total. The summed E-state index contributed by atoms with van der Waals surface area (Å²) in [7, 11) is 0. The lowest BCUT2D eigenvalue weighted by atomic mass is 10.2. The van der Waals surface area contributed by atoms with Gasteiger partial charge in [0, 0.05) is 15.8 Å². The van der Waals surface area contributed by atoms with Crippen LogP contribution >= 0.6 is 11.8 Å². The summed E-state index contributed by atoms with van der Waals surface area (Å²) < 4.78 is 0. The molecule has 1 saturated carbocycles. The highest BCUT2D eigenvalue weighted by Gasteiger charge is 2.14. The van der Waals surface area contributed by atoms with Crippen molar-refractivity contribution in [3.8, 4) is 0 Å². The van der Waals surface area contributed by atoms with Gasteiger partial charge in [-0.25, -0.2) is 0 Å². The number of anilines is 1. The summed E-state index contributed by atoms with van der Waals surface area (Å²) in [5, 5.41) is 0.784. The third kappa shape index (κ3) is 3.18. The van der Waals surface area contributed by atoms with Crippen LogP contribution in [0.2, 0.25) is 0 Å². The number of benzene rings is 1. The molecule has 0 radical (unpaired) electrons. The lowest BCUT2D eigenvalue weighted by Crippen LogP contribution is -2.01. The zero-order chi connectivity index (χ0) is 11.4. The number of thioether (sulfide) groups is 1. The van der Waals surface area contributed by atoms with Crippen molar-refractivity contribution in [2.75, 3.05) is 5.73 Å². The van der Waals surface area contributed by atoms with Crippen molar-refractivity contribution in [1.82, 2.24) is 0 Å². The van der Waals surface area contributed by atoms with Crippen LogP contribution < -0.4 is 5.73 Å². The van der Waals surface area contributed by atoms with E-state index in [0.717, 1.165) is 10.9 Å². The first-order valence-electron chi connectivity index (χ1n) is 6.28. The average Bonchev–Trinajstić information content (AvgIpc) is 2.52. The van der Waals surface area contributed by atoms with Crippen molar-refractivity contribution in [2.24, 2.45) is 0 Å². The molecule has 0 amide bonds. The predicted molar refractivity (Wildman–Crippen MR) is 72.9 cm³/mol. The second-order valence-corrected chi connectivity index (χ2v) is 6.11. The Hall–Kier alpha value is -0.630. The number of aryl methyl sites for hydroxylation is 1. The highest BCUT2D eigenvalue weighted by molar-refractivity contribution is 8.00. The van der Waals surface area contributed by atoms with Crippen LogP contribution in [0.3, 0.4) is 0 Å². The van der Waals surface area contributed by atoms with Crippen LogP contribution in [0.4, 0.5) is 5.69 Å². The van der Waals surface area contributed by atoms with E-state index in [2.05, 4.69) is 19.1 Å². The van der Waals surface area contributed by atoms with Gasteiger partial charge in [-0.1, -0.05) is 31.7 Å². The summed E-state index contributed by atoms with van der Waals surface area (Å²) in [6.45, 7) is 2.14. The van der Waals surface area contributed by atoms with E-state index in [9.17, 15) is 0 Å². The van der Waals surface area contributed by atoms with E-state index in [4.69, 9.17) is 5.73 Å². The molecule has 88 valence electrons. The maximum absolute atomic E-state index is 6.02. The van der Waals surface area contributed by atoms with Crippen LogP contribution in [0.1, 0.15) is 44.1 Å². The molecule has 2 rings (SSSR count). The Bertz CT molecular complexity index is 341. The van der Waals surface area contributed by atoms with Gasteiger partial charge in [0.05, 0.1) is 0 Å². The first-order chi connectivity index (χ1) is 7.75. The van der Waals surface area contributed by atoms with Crippen molar-refractivity contribution in [2.45, 2.75) is 55.6 Å². The van der Waals surface area contributed by atoms with Gasteiger partial charge in [0.2, 0.25) is 0 Å². The number of hydrogen-bond acceptors (Lipinski definition) is 2. The van der Waals surface area contributed by atoms with Crippen molar-refractivity contribution < 1.29 is 0 Å². The van der Waals surface area contributed by atoms with Gasteiger partial charge in [0.15, 0.2) is 0 Å². The number of hydrogen-bond donors (Lipinski definition) is 1. The third-order valence-electron chi connectivity index (χ3n) is 3.26. The molecule has 2 heteroatoms. The third-order valence-corrected chi connectivity index (χ3v) is 4.68. The summed E-state index contributed by atoms with van der Waals surface area (Å²) in [5.74, 6) is 0. The molecule has 1 aromatic carbocycles. The lowest BCUT2D eigenvalue weighted by Gasteiger charge is -2.15. The Balaban J connectivity index is 2.04. The normalized spacial score (nSPS) is 18.3. The topological polar surface area (TPSA) is 26.0 Å². The molecular formula is C14H21NS. The summed E-state index contributed by atoms with van der Waals surface area (Å²) in [4.78, 5) is 1.28. The fourth-order valence-electron chi connectivity index (χ4n) is 2.28. The summed E-state index contributed by atoms with van der Waals surface area (Å²) >= 11 is 1.99. The fourth-order valence-corrected chi connectivity index (χ4v) is 3.67. The number of nitrogens with two attached hydrogens (primary N) is 1. The Morgan fingerprint density at radius 2 is 1.81 bits per heavy atom. The molecule has 0 bridgehead atoms. The highest BCUT2D eigenvalue weighted by atomic mass is 32.2. The monoisotopic (exact) mass is 235 g/mol. The van der Waals surface area contributed by atoms with Crippen molar-refractivity contribution in [3.05, 3.63) is 23.8 Å². The van der Waals surface area contributed by atoms with Gasteiger partial charge in [-0.2, -0.15) is 0 Å². The summed E-state index contributed by atoms with van der Waals surface area (Å²) in [6, 6.07) is 6.35. The van der Waals surface area contributed by atoms with Crippen LogP contribution in [0, 0.1) is 6.92 Å². The van der Waals surface area contributed by atoms with Crippen LogP contribution in [-0.4, -0.2) is 5.25 Å². The van der Waals surface area contributed by atoms with Gasteiger partial charge >= 0.3 is 0 Å². The zero-order valence-electron chi connectivity index (χ0n) is 10.0. The average molecular weight is 235 g/mol. The molecule has 0 unspecified atom stereocenters. The molecular weight excluding hydrogens is 214 g/mol. The van der Waals surface area contributed by atoms with Crippen LogP contribution in [0.15, 0.2) is 23.1 Å². The first-order valence-corrected chi connectivity index (χ1v) is 7.16. The van der Waals surface area contributed by atoms with Gasteiger partial charge in [-0.15, -0.1) is 11.8 Å². The Morgan fingerprint density at radius 3 is 2.50 bits per heavy atom. The van der Waals surface area contributed by atoms with E-state index in [-0.39, 0.29) is 0 Å².